The summed E-state index contributed by atoms with van der Waals surface area (Å²) in [5, 5.41) is 0.525. The third kappa shape index (κ3) is 4.00. The zero-order chi connectivity index (χ0) is 17.8. The van der Waals surface area contributed by atoms with Crippen LogP contribution in [0.15, 0.2) is 47.5 Å². The van der Waals surface area contributed by atoms with Gasteiger partial charge in [0.15, 0.2) is 4.80 Å². The molecule has 0 spiro atoms. The number of halogens is 1. The number of benzene rings is 2. The standard InChI is InChI=1S/C19H19ClN2O2S/c1-3-24-11-10-22-17-13(2)6-4-9-16(17)25-19(22)21-18(23)14-7-5-8-15(20)12-14/h4-9,12H,3,10-11H2,1-2H3. The fourth-order valence-corrected chi connectivity index (χ4v) is 4.00. The van der Waals surface area contributed by atoms with Crippen molar-refractivity contribution in [3.63, 3.8) is 0 Å². The fraction of sp³-hybridized carbons (Fsp3) is 0.263. The van der Waals surface area contributed by atoms with Gasteiger partial charge in [-0.25, -0.2) is 0 Å². The number of aromatic nitrogens is 1. The van der Waals surface area contributed by atoms with Gasteiger partial charge in [0.2, 0.25) is 0 Å². The first-order chi connectivity index (χ1) is 12.1. The van der Waals surface area contributed by atoms with Crippen LogP contribution in [0.1, 0.15) is 22.8 Å². The molecule has 25 heavy (non-hydrogen) atoms. The smallest absolute Gasteiger partial charge is 0.279 e. The summed E-state index contributed by atoms with van der Waals surface area (Å²) in [6.45, 7) is 5.93. The Morgan fingerprint density at radius 3 is 2.84 bits per heavy atom. The van der Waals surface area contributed by atoms with E-state index >= 15 is 0 Å². The summed E-state index contributed by atoms with van der Waals surface area (Å²) >= 11 is 7.49. The Bertz CT molecular complexity index is 975. The molecule has 1 heterocycles. The third-order valence-corrected chi connectivity index (χ3v) is 5.11. The van der Waals surface area contributed by atoms with Gasteiger partial charge < -0.3 is 9.30 Å². The molecular weight excluding hydrogens is 356 g/mol. The number of carbonyl (C=O) groups excluding carboxylic acids is 1. The van der Waals surface area contributed by atoms with E-state index in [1.807, 2.05) is 19.1 Å². The van der Waals surface area contributed by atoms with E-state index in [-0.39, 0.29) is 5.91 Å². The second-order valence-electron chi connectivity index (χ2n) is 5.58. The van der Waals surface area contributed by atoms with Crippen molar-refractivity contribution < 1.29 is 9.53 Å². The number of amides is 1. The second-order valence-corrected chi connectivity index (χ2v) is 7.03. The van der Waals surface area contributed by atoms with Gasteiger partial charge in [-0.2, -0.15) is 4.99 Å². The molecule has 0 atom stereocenters. The zero-order valence-corrected chi connectivity index (χ0v) is 15.7. The fourth-order valence-electron chi connectivity index (χ4n) is 2.67. The van der Waals surface area contributed by atoms with E-state index in [0.717, 1.165) is 15.8 Å². The lowest BCUT2D eigenvalue weighted by Crippen LogP contribution is -2.20. The number of thiazole rings is 1. The maximum Gasteiger partial charge on any atom is 0.279 e. The maximum atomic E-state index is 12.5. The molecule has 1 amide bonds. The summed E-state index contributed by atoms with van der Waals surface area (Å²) in [5.41, 5.74) is 2.74. The SMILES string of the molecule is CCOCCn1c(=NC(=O)c2cccc(Cl)c2)sc2cccc(C)c21. The van der Waals surface area contributed by atoms with Crippen molar-refractivity contribution in [1.82, 2.24) is 4.57 Å². The Kier molecular flexibility index (Phi) is 5.68. The Balaban J connectivity index is 2.09. The summed E-state index contributed by atoms with van der Waals surface area (Å²) in [6.07, 6.45) is 0. The number of hydrogen-bond acceptors (Lipinski definition) is 3. The minimum Gasteiger partial charge on any atom is -0.380 e. The first-order valence-corrected chi connectivity index (χ1v) is 9.31. The normalized spacial score (nSPS) is 12.0. The van der Waals surface area contributed by atoms with Gasteiger partial charge in [-0.05, 0) is 43.7 Å². The van der Waals surface area contributed by atoms with Gasteiger partial charge in [-0.1, -0.05) is 41.1 Å². The average Bonchev–Trinajstić information content (AvgIpc) is 2.94. The summed E-state index contributed by atoms with van der Waals surface area (Å²) in [6, 6.07) is 13.0. The van der Waals surface area contributed by atoms with Crippen LogP contribution in [0.5, 0.6) is 0 Å². The molecule has 3 rings (SSSR count). The number of fused-ring (bicyclic) bond motifs is 1. The van der Waals surface area contributed by atoms with Crippen molar-refractivity contribution >= 4 is 39.1 Å². The molecule has 0 saturated carbocycles. The number of para-hydroxylation sites is 1. The van der Waals surface area contributed by atoms with Crippen molar-refractivity contribution in [3.05, 3.63) is 63.4 Å². The monoisotopic (exact) mass is 374 g/mol. The number of hydrogen-bond donors (Lipinski definition) is 0. The molecule has 0 N–H and O–H groups in total. The van der Waals surface area contributed by atoms with E-state index < -0.39 is 0 Å². The van der Waals surface area contributed by atoms with Crippen LogP contribution in [0.25, 0.3) is 10.2 Å². The van der Waals surface area contributed by atoms with Gasteiger partial charge in [0.05, 0.1) is 16.8 Å². The molecule has 0 saturated heterocycles. The van der Waals surface area contributed by atoms with Crippen molar-refractivity contribution in [1.29, 1.82) is 0 Å². The Hall–Kier alpha value is -1.95. The van der Waals surface area contributed by atoms with Crippen LogP contribution in [0.3, 0.4) is 0 Å². The maximum absolute atomic E-state index is 12.5. The minimum atomic E-state index is -0.295. The van der Waals surface area contributed by atoms with Crippen LogP contribution in [-0.4, -0.2) is 23.7 Å². The van der Waals surface area contributed by atoms with Crippen LogP contribution < -0.4 is 4.80 Å². The molecule has 4 nitrogen and oxygen atoms in total. The first kappa shape index (κ1) is 17.9. The third-order valence-electron chi connectivity index (χ3n) is 3.83. The van der Waals surface area contributed by atoms with Crippen molar-refractivity contribution in [2.45, 2.75) is 20.4 Å². The summed E-state index contributed by atoms with van der Waals surface area (Å²) in [7, 11) is 0. The average molecular weight is 375 g/mol. The molecule has 3 aromatic rings. The topological polar surface area (TPSA) is 43.6 Å². The zero-order valence-electron chi connectivity index (χ0n) is 14.2. The van der Waals surface area contributed by atoms with Gasteiger partial charge in [-0.15, -0.1) is 0 Å². The molecule has 130 valence electrons. The van der Waals surface area contributed by atoms with Crippen molar-refractivity contribution in [2.75, 3.05) is 13.2 Å². The van der Waals surface area contributed by atoms with Crippen LogP contribution in [-0.2, 0) is 11.3 Å². The highest BCUT2D eigenvalue weighted by atomic mass is 35.5. The molecule has 0 radical (unpaired) electrons. The van der Waals surface area contributed by atoms with E-state index in [9.17, 15) is 4.79 Å². The highest BCUT2D eigenvalue weighted by molar-refractivity contribution is 7.16. The van der Waals surface area contributed by atoms with Gasteiger partial charge in [0.25, 0.3) is 5.91 Å². The highest BCUT2D eigenvalue weighted by Gasteiger charge is 2.11. The second kappa shape index (κ2) is 7.95. The summed E-state index contributed by atoms with van der Waals surface area (Å²) in [5.74, 6) is -0.295. The lowest BCUT2D eigenvalue weighted by Gasteiger charge is -2.07. The molecule has 0 aliphatic rings. The van der Waals surface area contributed by atoms with Gasteiger partial charge in [0, 0.05) is 23.7 Å². The van der Waals surface area contributed by atoms with Gasteiger partial charge in [-0.3, -0.25) is 4.79 Å². The van der Waals surface area contributed by atoms with E-state index in [2.05, 4.69) is 22.5 Å². The summed E-state index contributed by atoms with van der Waals surface area (Å²) < 4.78 is 8.66. The molecule has 0 aliphatic carbocycles. The van der Waals surface area contributed by atoms with E-state index in [1.54, 1.807) is 24.3 Å². The number of nitrogens with zero attached hydrogens (tertiary/aromatic N) is 2. The molecule has 0 unspecified atom stereocenters. The molecule has 1 aromatic heterocycles. The molecule has 0 aliphatic heterocycles. The van der Waals surface area contributed by atoms with Crippen LogP contribution in [0, 0.1) is 6.92 Å². The number of aryl methyl sites for hydroxylation is 1. The number of carbonyl (C=O) groups is 1. The largest absolute Gasteiger partial charge is 0.380 e. The quantitative estimate of drug-likeness (QED) is 0.619. The number of rotatable bonds is 5. The predicted molar refractivity (Wildman–Crippen MR) is 102 cm³/mol. The summed E-state index contributed by atoms with van der Waals surface area (Å²) in [4.78, 5) is 17.6. The number of ether oxygens (including phenoxy) is 1. The molecule has 0 bridgehead atoms. The lowest BCUT2D eigenvalue weighted by molar-refractivity contribution is 0.0996. The minimum absolute atomic E-state index is 0.295. The van der Waals surface area contributed by atoms with Crippen LogP contribution in [0.4, 0.5) is 0 Å². The predicted octanol–water partition coefficient (Wildman–Crippen LogP) is 4.44. The first-order valence-electron chi connectivity index (χ1n) is 8.11. The highest BCUT2D eigenvalue weighted by Crippen LogP contribution is 2.21. The lowest BCUT2D eigenvalue weighted by atomic mass is 10.2. The molecule has 0 fully saturated rings. The Morgan fingerprint density at radius 2 is 2.08 bits per heavy atom. The molecular formula is C19H19ClN2O2S. The van der Waals surface area contributed by atoms with E-state index in [0.29, 0.717) is 35.1 Å². The van der Waals surface area contributed by atoms with Crippen LogP contribution >= 0.6 is 22.9 Å². The van der Waals surface area contributed by atoms with Gasteiger partial charge in [0.1, 0.15) is 0 Å². The Labute approximate surface area is 155 Å². The van der Waals surface area contributed by atoms with Crippen molar-refractivity contribution in [2.24, 2.45) is 4.99 Å². The van der Waals surface area contributed by atoms with E-state index in [4.69, 9.17) is 16.3 Å². The van der Waals surface area contributed by atoms with Crippen molar-refractivity contribution in [3.8, 4) is 0 Å². The van der Waals surface area contributed by atoms with Gasteiger partial charge >= 0.3 is 0 Å². The molecule has 2 aromatic carbocycles. The molecule has 6 heteroatoms. The van der Waals surface area contributed by atoms with E-state index in [1.165, 1.54) is 11.3 Å². The van der Waals surface area contributed by atoms with Crippen LogP contribution in [0.2, 0.25) is 5.02 Å². The Morgan fingerprint density at radius 1 is 1.28 bits per heavy atom.